The summed E-state index contributed by atoms with van der Waals surface area (Å²) >= 11 is 0. The molecule has 0 saturated heterocycles. The summed E-state index contributed by atoms with van der Waals surface area (Å²) in [6.45, 7) is 6.15. The summed E-state index contributed by atoms with van der Waals surface area (Å²) in [6.07, 6.45) is 3.35. The second-order valence-corrected chi connectivity index (χ2v) is 3.88. The number of nitro groups is 1. The maximum atomic E-state index is 11.8. The molecule has 1 aromatic carbocycles. The summed E-state index contributed by atoms with van der Waals surface area (Å²) in [5, 5.41) is 13.5. The van der Waals surface area contributed by atoms with E-state index in [1.54, 1.807) is 6.07 Å². The molecule has 0 aliphatic carbocycles. The van der Waals surface area contributed by atoms with E-state index in [0.717, 1.165) is 12.8 Å². The molecule has 0 aliphatic heterocycles. The Morgan fingerprint density at radius 3 is 2.78 bits per heavy atom. The Balaban J connectivity index is 2.93. The van der Waals surface area contributed by atoms with Crippen LogP contribution < -0.4 is 5.32 Å². The van der Waals surface area contributed by atoms with E-state index < -0.39 is 4.92 Å². The lowest BCUT2D eigenvalue weighted by Gasteiger charge is -2.05. The number of rotatable bonds is 6. The van der Waals surface area contributed by atoms with Gasteiger partial charge in [0.2, 0.25) is 0 Å². The fourth-order valence-corrected chi connectivity index (χ4v) is 1.47. The van der Waals surface area contributed by atoms with Crippen molar-refractivity contribution in [2.75, 3.05) is 6.54 Å². The zero-order valence-corrected chi connectivity index (χ0v) is 10.3. The van der Waals surface area contributed by atoms with Crippen molar-refractivity contribution in [2.24, 2.45) is 0 Å². The van der Waals surface area contributed by atoms with Gasteiger partial charge in [-0.3, -0.25) is 14.9 Å². The molecule has 0 spiro atoms. The molecule has 5 nitrogen and oxygen atoms in total. The molecular formula is C13H16N2O3. The van der Waals surface area contributed by atoms with Gasteiger partial charge >= 0.3 is 0 Å². The first kappa shape index (κ1) is 13.9. The van der Waals surface area contributed by atoms with Gasteiger partial charge in [-0.15, -0.1) is 0 Å². The molecule has 0 heterocycles. The fraction of sp³-hybridized carbons (Fsp3) is 0.308. The normalized spacial score (nSPS) is 9.83. The molecule has 0 unspecified atom stereocenters. The highest BCUT2D eigenvalue weighted by atomic mass is 16.6. The molecule has 5 heteroatoms. The van der Waals surface area contributed by atoms with E-state index >= 15 is 0 Å². The highest BCUT2D eigenvalue weighted by molar-refractivity contribution is 5.95. The third-order valence-corrected chi connectivity index (χ3v) is 2.46. The Labute approximate surface area is 106 Å². The summed E-state index contributed by atoms with van der Waals surface area (Å²) < 4.78 is 0. The minimum Gasteiger partial charge on any atom is -0.352 e. The van der Waals surface area contributed by atoms with Crippen LogP contribution in [0.15, 0.2) is 24.8 Å². The largest absolute Gasteiger partial charge is 0.352 e. The minimum absolute atomic E-state index is 0.104. The molecule has 0 aromatic heterocycles. The number of benzene rings is 1. The highest BCUT2D eigenvalue weighted by Crippen LogP contribution is 2.18. The quantitative estimate of drug-likeness (QED) is 0.478. The third-order valence-electron chi connectivity index (χ3n) is 2.46. The van der Waals surface area contributed by atoms with Crippen LogP contribution in [0.4, 0.5) is 5.69 Å². The lowest BCUT2D eigenvalue weighted by molar-refractivity contribution is -0.384. The standard InChI is InChI=1S/C13H16N2O3/c1-3-5-6-14-13(16)11-7-10(4-2)8-12(9-11)15(17)18/h4,7-9H,2-3,5-6H2,1H3,(H,14,16). The van der Waals surface area contributed by atoms with Crippen molar-refractivity contribution < 1.29 is 9.72 Å². The molecule has 1 N–H and O–H groups in total. The van der Waals surface area contributed by atoms with E-state index in [4.69, 9.17) is 0 Å². The minimum atomic E-state index is -0.518. The molecule has 18 heavy (non-hydrogen) atoms. The van der Waals surface area contributed by atoms with Crippen molar-refractivity contribution >= 4 is 17.7 Å². The number of amides is 1. The van der Waals surface area contributed by atoms with E-state index in [-0.39, 0.29) is 17.2 Å². The number of hydrogen-bond donors (Lipinski definition) is 1. The second kappa shape index (κ2) is 6.54. The van der Waals surface area contributed by atoms with Crippen LogP contribution in [0.2, 0.25) is 0 Å². The van der Waals surface area contributed by atoms with Gasteiger partial charge in [-0.1, -0.05) is 26.0 Å². The van der Waals surface area contributed by atoms with Crippen LogP contribution in [-0.2, 0) is 0 Å². The molecule has 96 valence electrons. The van der Waals surface area contributed by atoms with Crippen molar-refractivity contribution in [1.29, 1.82) is 0 Å². The molecule has 1 amide bonds. The summed E-state index contributed by atoms with van der Waals surface area (Å²) in [6, 6.07) is 4.24. The predicted octanol–water partition coefficient (Wildman–Crippen LogP) is 2.77. The number of nitro benzene ring substituents is 1. The van der Waals surface area contributed by atoms with Crippen LogP contribution in [0.1, 0.15) is 35.7 Å². The first-order chi connectivity index (χ1) is 8.58. The summed E-state index contributed by atoms with van der Waals surface area (Å²) in [4.78, 5) is 22.0. The van der Waals surface area contributed by atoms with Gasteiger partial charge in [0.15, 0.2) is 0 Å². The SMILES string of the molecule is C=Cc1cc(C(=O)NCCCC)cc([N+](=O)[O-])c1. The summed E-state index contributed by atoms with van der Waals surface area (Å²) in [5.41, 5.74) is 0.744. The summed E-state index contributed by atoms with van der Waals surface area (Å²) in [5.74, 6) is -0.296. The maximum absolute atomic E-state index is 11.8. The Bertz CT molecular complexity index is 469. The van der Waals surface area contributed by atoms with Crippen molar-refractivity contribution in [1.82, 2.24) is 5.32 Å². The van der Waals surface area contributed by atoms with E-state index in [2.05, 4.69) is 11.9 Å². The Morgan fingerprint density at radius 1 is 1.50 bits per heavy atom. The zero-order chi connectivity index (χ0) is 13.5. The van der Waals surface area contributed by atoms with Gasteiger partial charge in [-0.2, -0.15) is 0 Å². The van der Waals surface area contributed by atoms with Gasteiger partial charge in [0.05, 0.1) is 4.92 Å². The van der Waals surface area contributed by atoms with Gasteiger partial charge < -0.3 is 5.32 Å². The van der Waals surface area contributed by atoms with Gasteiger partial charge in [-0.25, -0.2) is 0 Å². The number of hydrogen-bond acceptors (Lipinski definition) is 3. The number of nitrogens with one attached hydrogen (secondary N) is 1. The van der Waals surface area contributed by atoms with Crippen LogP contribution >= 0.6 is 0 Å². The van der Waals surface area contributed by atoms with Crippen molar-refractivity contribution in [3.8, 4) is 0 Å². The fourth-order valence-electron chi connectivity index (χ4n) is 1.47. The van der Waals surface area contributed by atoms with Gasteiger partial charge in [0, 0.05) is 24.2 Å². The molecule has 1 rings (SSSR count). The van der Waals surface area contributed by atoms with Crippen LogP contribution in [0, 0.1) is 10.1 Å². The van der Waals surface area contributed by atoms with Gasteiger partial charge in [-0.05, 0) is 18.1 Å². The van der Waals surface area contributed by atoms with Crippen LogP contribution in [0.5, 0.6) is 0 Å². The molecule has 0 atom stereocenters. The lowest BCUT2D eigenvalue weighted by Crippen LogP contribution is -2.24. The third kappa shape index (κ3) is 3.69. The molecule has 0 radical (unpaired) electrons. The Morgan fingerprint density at radius 2 is 2.22 bits per heavy atom. The second-order valence-electron chi connectivity index (χ2n) is 3.88. The van der Waals surface area contributed by atoms with E-state index in [9.17, 15) is 14.9 Å². The van der Waals surface area contributed by atoms with E-state index in [0.29, 0.717) is 12.1 Å². The van der Waals surface area contributed by atoms with Gasteiger partial charge in [0.1, 0.15) is 0 Å². The molecule has 0 saturated carbocycles. The van der Waals surface area contributed by atoms with E-state index in [1.807, 2.05) is 6.92 Å². The van der Waals surface area contributed by atoms with Gasteiger partial charge in [0.25, 0.3) is 11.6 Å². The molecule has 1 aromatic rings. The average Bonchev–Trinajstić information content (AvgIpc) is 2.38. The van der Waals surface area contributed by atoms with Crippen molar-refractivity contribution in [3.63, 3.8) is 0 Å². The Kier molecular flexibility index (Phi) is 5.05. The first-order valence-corrected chi connectivity index (χ1v) is 5.78. The van der Waals surface area contributed by atoms with Crippen molar-refractivity contribution in [3.05, 3.63) is 46.0 Å². The van der Waals surface area contributed by atoms with E-state index in [1.165, 1.54) is 18.2 Å². The molecular weight excluding hydrogens is 232 g/mol. The first-order valence-electron chi connectivity index (χ1n) is 5.78. The van der Waals surface area contributed by atoms with Crippen molar-refractivity contribution in [2.45, 2.75) is 19.8 Å². The predicted molar refractivity (Wildman–Crippen MR) is 70.4 cm³/mol. The molecule has 0 fully saturated rings. The smallest absolute Gasteiger partial charge is 0.270 e. The number of nitrogens with zero attached hydrogens (tertiary/aromatic N) is 1. The number of carbonyl (C=O) groups excluding carboxylic acids is 1. The monoisotopic (exact) mass is 248 g/mol. The average molecular weight is 248 g/mol. The van der Waals surface area contributed by atoms with Crippen LogP contribution in [0.3, 0.4) is 0 Å². The molecule has 0 bridgehead atoms. The maximum Gasteiger partial charge on any atom is 0.270 e. The highest BCUT2D eigenvalue weighted by Gasteiger charge is 2.13. The summed E-state index contributed by atoms with van der Waals surface area (Å²) in [7, 11) is 0. The topological polar surface area (TPSA) is 72.2 Å². The number of non-ortho nitro benzene ring substituents is 1. The number of carbonyl (C=O) groups is 1. The Hall–Kier alpha value is -2.17. The zero-order valence-electron chi connectivity index (χ0n) is 10.3. The van der Waals surface area contributed by atoms with Crippen LogP contribution in [-0.4, -0.2) is 17.4 Å². The van der Waals surface area contributed by atoms with Crippen LogP contribution in [0.25, 0.3) is 6.08 Å². The number of unbranched alkanes of at least 4 members (excludes halogenated alkanes) is 1. The lowest BCUT2D eigenvalue weighted by atomic mass is 10.1. The molecule has 0 aliphatic rings.